The zero-order valence-electron chi connectivity index (χ0n) is 8.44. The Hall–Kier alpha value is -0.960. The minimum atomic E-state index is -4.67. The van der Waals surface area contributed by atoms with Gasteiger partial charge in [0.15, 0.2) is 9.84 Å². The van der Waals surface area contributed by atoms with Gasteiger partial charge in [0.25, 0.3) is 0 Å². The van der Waals surface area contributed by atoms with E-state index < -0.39 is 20.2 Å². The molecule has 8 heteroatoms. The Kier molecular flexibility index (Phi) is 5.59. The lowest BCUT2D eigenvalue weighted by Crippen LogP contribution is -2.02. The number of benzene rings is 1. The van der Waals surface area contributed by atoms with Gasteiger partial charge in [0, 0.05) is 0 Å². The van der Waals surface area contributed by atoms with Crippen LogP contribution in [0.4, 0.5) is 0 Å². The van der Waals surface area contributed by atoms with Crippen LogP contribution in [-0.4, -0.2) is 31.7 Å². The molecule has 0 saturated heterocycles. The number of rotatable bonds is 2. The summed E-state index contributed by atoms with van der Waals surface area (Å²) >= 11 is 0. The minimum absolute atomic E-state index is 0.164. The van der Waals surface area contributed by atoms with Gasteiger partial charge in [-0.25, -0.2) is 8.42 Å². The monoisotopic (exact) mass is 268 g/mol. The molecule has 0 unspecified atom stereocenters. The number of hydrogen-bond acceptors (Lipinski definition) is 4. The van der Waals surface area contributed by atoms with Gasteiger partial charge in [-0.05, 0) is 12.1 Å². The molecule has 0 fully saturated rings. The van der Waals surface area contributed by atoms with Gasteiger partial charge in [-0.1, -0.05) is 25.1 Å². The van der Waals surface area contributed by atoms with E-state index in [2.05, 4.69) is 0 Å². The maximum atomic E-state index is 11.2. The minimum Gasteiger partial charge on any atom is -0.264 e. The first kappa shape index (κ1) is 15.0. The van der Waals surface area contributed by atoms with E-state index in [1.807, 2.05) is 0 Å². The van der Waals surface area contributed by atoms with Crippen LogP contribution < -0.4 is 0 Å². The van der Waals surface area contributed by atoms with Crippen LogP contribution in [0.15, 0.2) is 35.2 Å². The standard InChI is InChI=1S/C8H10O2S.H2O4S/c1-2-11(9,10)8-6-4-3-5-7-8;1-5(2,3)4/h3-7H,2H2,1H3;(H2,1,2,3,4). The van der Waals surface area contributed by atoms with Gasteiger partial charge in [-0.3, -0.25) is 9.11 Å². The predicted octanol–water partition coefficient (Wildman–Crippen LogP) is 0.827. The summed E-state index contributed by atoms with van der Waals surface area (Å²) in [6.45, 7) is 1.64. The van der Waals surface area contributed by atoms with Crippen LogP contribution in [0, 0.1) is 0 Å². The molecule has 0 amide bonds. The highest BCUT2D eigenvalue weighted by Gasteiger charge is 2.08. The molecule has 0 aliphatic rings. The number of hydrogen-bond donors (Lipinski definition) is 2. The summed E-state index contributed by atoms with van der Waals surface area (Å²) in [5, 5.41) is 0. The first-order valence-corrected chi connectivity index (χ1v) is 7.19. The molecule has 0 bridgehead atoms. The molecule has 1 rings (SSSR count). The molecule has 0 aliphatic carbocycles. The smallest absolute Gasteiger partial charge is 0.264 e. The summed E-state index contributed by atoms with van der Waals surface area (Å²) in [5.41, 5.74) is 0. The Bertz CT molecular complexity index is 495. The lowest BCUT2D eigenvalue weighted by atomic mass is 10.4. The quantitative estimate of drug-likeness (QED) is 0.769. The molecule has 92 valence electrons. The molecule has 2 N–H and O–H groups in total. The largest absolute Gasteiger partial charge is 0.394 e. The van der Waals surface area contributed by atoms with Gasteiger partial charge >= 0.3 is 10.4 Å². The fourth-order valence-electron chi connectivity index (χ4n) is 0.794. The van der Waals surface area contributed by atoms with Crippen molar-refractivity contribution in [3.05, 3.63) is 30.3 Å². The van der Waals surface area contributed by atoms with Crippen LogP contribution >= 0.6 is 0 Å². The molecule has 0 saturated carbocycles. The summed E-state index contributed by atoms with van der Waals surface area (Å²) in [6.07, 6.45) is 0. The second-order valence-electron chi connectivity index (χ2n) is 2.66. The van der Waals surface area contributed by atoms with Crippen molar-refractivity contribution in [2.75, 3.05) is 5.75 Å². The molecular weight excluding hydrogens is 256 g/mol. The fourth-order valence-corrected chi connectivity index (χ4v) is 1.70. The Balaban J connectivity index is 0.000000385. The predicted molar refractivity (Wildman–Crippen MR) is 58.3 cm³/mol. The van der Waals surface area contributed by atoms with Crippen LogP contribution in [0.2, 0.25) is 0 Å². The molecule has 1 aromatic rings. The highest BCUT2D eigenvalue weighted by atomic mass is 32.3. The van der Waals surface area contributed by atoms with Crippen LogP contribution in [0.3, 0.4) is 0 Å². The average molecular weight is 268 g/mol. The molecule has 0 radical (unpaired) electrons. The van der Waals surface area contributed by atoms with Crippen molar-refractivity contribution in [2.24, 2.45) is 0 Å². The maximum absolute atomic E-state index is 11.2. The van der Waals surface area contributed by atoms with Crippen molar-refractivity contribution in [1.29, 1.82) is 0 Å². The molecule has 0 heterocycles. The first-order chi connectivity index (χ1) is 7.17. The van der Waals surface area contributed by atoms with Crippen LogP contribution in [0.25, 0.3) is 0 Å². The van der Waals surface area contributed by atoms with Crippen LogP contribution in [0.5, 0.6) is 0 Å². The van der Waals surface area contributed by atoms with E-state index in [4.69, 9.17) is 17.5 Å². The Labute approximate surface area is 94.4 Å². The highest BCUT2D eigenvalue weighted by molar-refractivity contribution is 7.91. The van der Waals surface area contributed by atoms with Gasteiger partial charge in [0.2, 0.25) is 0 Å². The van der Waals surface area contributed by atoms with Gasteiger partial charge in [0.1, 0.15) is 0 Å². The normalized spacial score (nSPS) is 11.4. The molecular formula is C8H12O6S2. The summed E-state index contributed by atoms with van der Waals surface area (Å²) in [4.78, 5) is 0.405. The average Bonchev–Trinajstić information content (AvgIpc) is 2.17. The third kappa shape index (κ3) is 7.35. The molecule has 0 atom stereocenters. The van der Waals surface area contributed by atoms with Crippen molar-refractivity contribution in [1.82, 2.24) is 0 Å². The summed E-state index contributed by atoms with van der Waals surface area (Å²) in [7, 11) is -7.66. The van der Waals surface area contributed by atoms with E-state index in [0.717, 1.165) is 0 Å². The second-order valence-corrected chi connectivity index (χ2v) is 5.84. The van der Waals surface area contributed by atoms with Crippen LogP contribution in [0.1, 0.15) is 6.92 Å². The van der Waals surface area contributed by atoms with E-state index in [0.29, 0.717) is 4.90 Å². The molecule has 0 aromatic heterocycles. The van der Waals surface area contributed by atoms with E-state index in [1.54, 1.807) is 37.3 Å². The van der Waals surface area contributed by atoms with E-state index in [9.17, 15) is 8.42 Å². The van der Waals surface area contributed by atoms with Crippen molar-refractivity contribution < 1.29 is 25.9 Å². The van der Waals surface area contributed by atoms with Crippen molar-refractivity contribution >= 4 is 20.2 Å². The van der Waals surface area contributed by atoms with Crippen molar-refractivity contribution in [2.45, 2.75) is 11.8 Å². The summed E-state index contributed by atoms with van der Waals surface area (Å²) in [6, 6.07) is 8.47. The molecule has 6 nitrogen and oxygen atoms in total. The lowest BCUT2D eigenvalue weighted by molar-refractivity contribution is 0.381. The topological polar surface area (TPSA) is 109 Å². The Morgan fingerprint density at radius 1 is 1.00 bits per heavy atom. The zero-order chi connectivity index (χ0) is 12.8. The van der Waals surface area contributed by atoms with Crippen LogP contribution in [-0.2, 0) is 20.2 Å². The molecule has 0 spiro atoms. The first-order valence-electron chi connectivity index (χ1n) is 4.14. The number of sulfone groups is 1. The Morgan fingerprint density at radius 2 is 1.38 bits per heavy atom. The second kappa shape index (κ2) is 5.94. The third-order valence-corrected chi connectivity index (χ3v) is 3.23. The molecule has 16 heavy (non-hydrogen) atoms. The van der Waals surface area contributed by atoms with Crippen molar-refractivity contribution in [3.63, 3.8) is 0 Å². The third-order valence-electron chi connectivity index (χ3n) is 1.48. The lowest BCUT2D eigenvalue weighted by Gasteiger charge is -1.98. The van der Waals surface area contributed by atoms with Crippen molar-refractivity contribution in [3.8, 4) is 0 Å². The maximum Gasteiger partial charge on any atom is 0.394 e. The van der Waals surface area contributed by atoms with Gasteiger partial charge < -0.3 is 0 Å². The molecule has 0 aliphatic heterocycles. The van der Waals surface area contributed by atoms with Gasteiger partial charge in [-0.15, -0.1) is 0 Å². The SMILES string of the molecule is CCS(=O)(=O)c1ccccc1.O=S(=O)(O)O. The van der Waals surface area contributed by atoms with Gasteiger partial charge in [0.05, 0.1) is 10.6 Å². The fraction of sp³-hybridized carbons (Fsp3) is 0.250. The molecule has 1 aromatic carbocycles. The highest BCUT2D eigenvalue weighted by Crippen LogP contribution is 2.08. The Morgan fingerprint density at radius 3 is 1.69 bits per heavy atom. The van der Waals surface area contributed by atoms with E-state index in [-0.39, 0.29) is 5.75 Å². The zero-order valence-corrected chi connectivity index (χ0v) is 10.1. The summed E-state index contributed by atoms with van der Waals surface area (Å²) < 4.78 is 54.0. The van der Waals surface area contributed by atoms with Gasteiger partial charge in [-0.2, -0.15) is 8.42 Å². The van der Waals surface area contributed by atoms with E-state index >= 15 is 0 Å². The van der Waals surface area contributed by atoms with E-state index in [1.165, 1.54) is 0 Å². The summed E-state index contributed by atoms with van der Waals surface area (Å²) in [5.74, 6) is 0.164.